The fraction of sp³-hybridized carbons (Fsp3) is 0.160. The normalized spacial score (nSPS) is 15.0. The topological polar surface area (TPSA) is 0 Å². The summed E-state index contributed by atoms with van der Waals surface area (Å²) in [5.41, 5.74) is 9.00. The van der Waals surface area contributed by atoms with Crippen LogP contribution in [0.2, 0.25) is 0 Å². The Bertz CT molecular complexity index is 936. The molecule has 0 atom stereocenters. The molecule has 4 rings (SSSR count). The fourth-order valence-electron chi connectivity index (χ4n) is 3.77. The van der Waals surface area contributed by atoms with Crippen LogP contribution in [0.1, 0.15) is 37.8 Å². The summed E-state index contributed by atoms with van der Waals surface area (Å²) in [6.07, 6.45) is 9.08. The van der Waals surface area contributed by atoms with Gasteiger partial charge in [-0.25, -0.2) is 0 Å². The van der Waals surface area contributed by atoms with E-state index < -0.39 is 22.8 Å². The number of allylic oxidation sites excluding steroid dienone is 8. The molecular formula is C25H23Cl2Zr. The van der Waals surface area contributed by atoms with E-state index in [-0.39, 0.29) is 24.8 Å². The number of halogens is 2. The zero-order valence-electron chi connectivity index (χ0n) is 16.2. The average molecular weight is 486 g/mol. The van der Waals surface area contributed by atoms with Crippen molar-refractivity contribution in [2.24, 2.45) is 0 Å². The minimum absolute atomic E-state index is 0. The van der Waals surface area contributed by atoms with Crippen LogP contribution in [0.3, 0.4) is 0 Å². The molecule has 141 valence electrons. The minimum Gasteiger partial charge on any atom is -1.00 e. The molecule has 2 aliphatic rings. The quantitative estimate of drug-likeness (QED) is 0.582. The van der Waals surface area contributed by atoms with Gasteiger partial charge >= 0.3 is 168 Å². The maximum Gasteiger partial charge on any atom is -1.00 e. The van der Waals surface area contributed by atoms with E-state index in [2.05, 4.69) is 92.7 Å². The molecule has 0 unspecified atom stereocenters. The van der Waals surface area contributed by atoms with Gasteiger partial charge in [0.1, 0.15) is 0 Å². The first-order chi connectivity index (χ1) is 12.7. The van der Waals surface area contributed by atoms with Gasteiger partial charge in [-0.05, 0) is 0 Å². The fourth-order valence-corrected chi connectivity index (χ4v) is 8.07. The van der Waals surface area contributed by atoms with Gasteiger partial charge in [0.15, 0.2) is 0 Å². The summed E-state index contributed by atoms with van der Waals surface area (Å²) >= 11 is -0.904. The SMILES string of the molecule is CC1=C(C)C(C2=CC=CC2)=[C]([Zr+2]=[C](c2ccccc2)c2ccccc2)C1.[Cl-].[Cl-]. The Hall–Kier alpha value is -1.27. The van der Waals surface area contributed by atoms with E-state index >= 15 is 0 Å². The van der Waals surface area contributed by atoms with Crippen LogP contribution < -0.4 is 24.8 Å². The molecule has 0 nitrogen and oxygen atoms in total. The second-order valence-electron chi connectivity index (χ2n) is 6.99. The van der Waals surface area contributed by atoms with Crippen LogP contribution in [0.25, 0.3) is 0 Å². The molecule has 2 aromatic carbocycles. The summed E-state index contributed by atoms with van der Waals surface area (Å²) in [6.45, 7) is 4.64. The molecule has 0 fully saturated rings. The van der Waals surface area contributed by atoms with Gasteiger partial charge in [-0.15, -0.1) is 0 Å². The zero-order valence-corrected chi connectivity index (χ0v) is 20.1. The van der Waals surface area contributed by atoms with Crippen LogP contribution in [0.4, 0.5) is 0 Å². The van der Waals surface area contributed by atoms with Crippen molar-refractivity contribution in [2.45, 2.75) is 26.7 Å². The van der Waals surface area contributed by atoms with Gasteiger partial charge in [-0.1, -0.05) is 0 Å². The van der Waals surface area contributed by atoms with Crippen LogP contribution in [0.5, 0.6) is 0 Å². The Labute approximate surface area is 192 Å². The first-order valence-electron chi connectivity index (χ1n) is 9.25. The van der Waals surface area contributed by atoms with E-state index in [1.54, 1.807) is 17.6 Å². The molecule has 0 radical (unpaired) electrons. The average Bonchev–Trinajstić information content (AvgIpc) is 3.30. The predicted octanol–water partition coefficient (Wildman–Crippen LogP) is 0.226. The second-order valence-corrected chi connectivity index (χ2v) is 10.3. The molecule has 0 bridgehead atoms. The second kappa shape index (κ2) is 10.5. The van der Waals surface area contributed by atoms with Crippen molar-refractivity contribution in [3.8, 4) is 0 Å². The Kier molecular flexibility index (Phi) is 8.63. The van der Waals surface area contributed by atoms with Gasteiger partial charge in [-0.2, -0.15) is 0 Å². The molecule has 0 aromatic heterocycles. The van der Waals surface area contributed by atoms with E-state index in [4.69, 9.17) is 0 Å². The maximum atomic E-state index is 2.32. The maximum absolute atomic E-state index is 2.32. The molecule has 3 heteroatoms. The first kappa shape index (κ1) is 23.0. The van der Waals surface area contributed by atoms with Crippen molar-refractivity contribution >= 4 is 3.21 Å². The van der Waals surface area contributed by atoms with E-state index in [9.17, 15) is 0 Å². The van der Waals surface area contributed by atoms with Crippen LogP contribution >= 0.6 is 0 Å². The van der Waals surface area contributed by atoms with Gasteiger partial charge in [0.25, 0.3) is 0 Å². The van der Waals surface area contributed by atoms with Gasteiger partial charge in [0.05, 0.1) is 0 Å². The van der Waals surface area contributed by atoms with Crippen LogP contribution in [-0.2, 0) is 22.8 Å². The molecule has 0 aliphatic heterocycles. The molecule has 0 amide bonds. The van der Waals surface area contributed by atoms with E-state index in [1.807, 2.05) is 0 Å². The third kappa shape index (κ3) is 4.83. The minimum atomic E-state index is -0.904. The standard InChI is InChI=1S/C13H10.C12H13.2ClH.Zr/c1-3-7-12(8-4-1)11-13-9-5-2-6-10-13;1-9-7-8-12(10(9)2)11-5-3-4-6-11;;;/h1-10H;3-5H,6-7H2,1-2H3;2*1H;/q;;;;+2/p-2. The third-order valence-electron chi connectivity index (χ3n) is 5.25. The molecule has 0 N–H and O–H groups in total. The largest absolute Gasteiger partial charge is 1.00 e. The Balaban J connectivity index is 0.00000140. The molecule has 2 aromatic rings. The van der Waals surface area contributed by atoms with Crippen molar-refractivity contribution < 1.29 is 47.6 Å². The molecule has 2 aliphatic carbocycles. The van der Waals surface area contributed by atoms with Crippen molar-refractivity contribution in [1.29, 1.82) is 0 Å². The summed E-state index contributed by atoms with van der Waals surface area (Å²) in [6, 6.07) is 22.0. The Morgan fingerprint density at radius 3 is 1.89 bits per heavy atom. The summed E-state index contributed by atoms with van der Waals surface area (Å²) in [4.78, 5) is 0. The molecule has 0 saturated heterocycles. The van der Waals surface area contributed by atoms with E-state index in [1.165, 1.54) is 28.7 Å². The number of hydrogen-bond acceptors (Lipinski definition) is 0. The van der Waals surface area contributed by atoms with Crippen LogP contribution in [0, 0.1) is 0 Å². The van der Waals surface area contributed by atoms with Crippen molar-refractivity contribution in [3.63, 3.8) is 0 Å². The Morgan fingerprint density at radius 1 is 0.821 bits per heavy atom. The monoisotopic (exact) mass is 483 g/mol. The van der Waals surface area contributed by atoms with E-state index in [0.29, 0.717) is 0 Å². The van der Waals surface area contributed by atoms with Crippen molar-refractivity contribution in [2.75, 3.05) is 0 Å². The molecule has 28 heavy (non-hydrogen) atoms. The predicted molar refractivity (Wildman–Crippen MR) is 108 cm³/mol. The first-order valence-corrected chi connectivity index (χ1v) is 11.7. The van der Waals surface area contributed by atoms with E-state index in [0.717, 1.165) is 6.42 Å². The van der Waals surface area contributed by atoms with Crippen LogP contribution in [-0.4, -0.2) is 3.21 Å². The molecule has 0 saturated carbocycles. The molecule has 0 spiro atoms. The van der Waals surface area contributed by atoms with Gasteiger partial charge in [0.2, 0.25) is 0 Å². The summed E-state index contributed by atoms with van der Waals surface area (Å²) in [7, 11) is 0. The van der Waals surface area contributed by atoms with Gasteiger partial charge in [0, 0.05) is 0 Å². The molecular weight excluding hydrogens is 462 g/mol. The third-order valence-corrected chi connectivity index (χ3v) is 9.08. The summed E-state index contributed by atoms with van der Waals surface area (Å²) < 4.78 is 3.33. The van der Waals surface area contributed by atoms with Gasteiger partial charge < -0.3 is 24.8 Å². The zero-order chi connectivity index (χ0) is 17.9. The van der Waals surface area contributed by atoms with Crippen molar-refractivity contribution in [1.82, 2.24) is 0 Å². The molecule has 0 heterocycles. The summed E-state index contributed by atoms with van der Waals surface area (Å²) in [5.74, 6) is 0. The number of benzene rings is 2. The smallest absolute Gasteiger partial charge is 1.00 e. The van der Waals surface area contributed by atoms with Crippen LogP contribution in [0.15, 0.2) is 104 Å². The summed E-state index contributed by atoms with van der Waals surface area (Å²) in [5, 5.41) is 0. The van der Waals surface area contributed by atoms with Gasteiger partial charge in [-0.3, -0.25) is 0 Å². The Morgan fingerprint density at radius 2 is 1.39 bits per heavy atom. The number of hydrogen-bond donors (Lipinski definition) is 0. The number of rotatable bonds is 4. The van der Waals surface area contributed by atoms with Crippen molar-refractivity contribution in [3.05, 3.63) is 116 Å².